The van der Waals surface area contributed by atoms with Crippen molar-refractivity contribution in [1.29, 1.82) is 0 Å². The largest absolute Gasteiger partial charge is 0.341 e. The minimum Gasteiger partial charge on any atom is -0.341 e. The summed E-state index contributed by atoms with van der Waals surface area (Å²) in [6, 6.07) is 58.6. The number of anilines is 4. The molecule has 0 saturated heterocycles. The molecular formula is C40H32N2Si. The third-order valence-corrected chi connectivity index (χ3v) is 13.4. The van der Waals surface area contributed by atoms with Crippen LogP contribution in [0.4, 0.5) is 22.7 Å². The summed E-state index contributed by atoms with van der Waals surface area (Å²) < 4.78 is 5.47. The van der Waals surface area contributed by atoms with Gasteiger partial charge in [0.05, 0.1) is 11.4 Å². The zero-order valence-corrected chi connectivity index (χ0v) is 25.4. The zero-order valence-electron chi connectivity index (χ0n) is 24.4. The molecule has 0 aliphatic carbocycles. The number of hydrogen-bond donors (Lipinski definition) is 0. The number of nitrogens with zero attached hydrogens (tertiary/aromatic N) is 2. The molecule has 1 aliphatic rings. The lowest BCUT2D eigenvalue weighted by atomic mass is 9.97. The Labute approximate surface area is 254 Å². The van der Waals surface area contributed by atoms with Gasteiger partial charge in [0.25, 0.3) is 0 Å². The Kier molecular flexibility index (Phi) is 5.95. The van der Waals surface area contributed by atoms with Gasteiger partial charge in [-0.3, -0.25) is 0 Å². The molecule has 0 spiro atoms. The Balaban J connectivity index is 1.65. The van der Waals surface area contributed by atoms with Gasteiger partial charge in [-0.2, -0.15) is 0 Å². The summed E-state index contributed by atoms with van der Waals surface area (Å²) in [6.07, 6.45) is 0. The molecule has 0 radical (unpaired) electrons. The van der Waals surface area contributed by atoms with Gasteiger partial charge in [-0.1, -0.05) is 145 Å². The van der Waals surface area contributed by atoms with Gasteiger partial charge in [0.15, 0.2) is 0 Å². The molecule has 0 N–H and O–H groups in total. The van der Waals surface area contributed by atoms with Crippen molar-refractivity contribution in [3.05, 3.63) is 169 Å². The molecule has 2 nitrogen and oxygen atoms in total. The molecule has 0 amide bonds. The smallest absolute Gasteiger partial charge is 0.340 e. The summed E-state index contributed by atoms with van der Waals surface area (Å²) >= 11 is 0. The van der Waals surface area contributed by atoms with Crippen LogP contribution in [0.5, 0.6) is 0 Å². The van der Waals surface area contributed by atoms with Crippen LogP contribution in [-0.4, -0.2) is 8.40 Å². The van der Waals surface area contributed by atoms with E-state index in [-0.39, 0.29) is 0 Å². The predicted molar refractivity (Wildman–Crippen MR) is 186 cm³/mol. The van der Waals surface area contributed by atoms with Crippen LogP contribution in [0, 0.1) is 13.8 Å². The zero-order chi connectivity index (χ0) is 29.0. The third-order valence-electron chi connectivity index (χ3n) is 8.91. The van der Waals surface area contributed by atoms with E-state index in [2.05, 4.69) is 181 Å². The molecule has 0 aromatic heterocycles. The Morgan fingerprint density at radius 1 is 0.349 bits per heavy atom. The predicted octanol–water partition coefficient (Wildman–Crippen LogP) is 9.16. The van der Waals surface area contributed by atoms with Crippen molar-refractivity contribution in [1.82, 2.24) is 0 Å². The first-order chi connectivity index (χ1) is 21.2. The van der Waals surface area contributed by atoms with Gasteiger partial charge < -0.3 is 9.13 Å². The number of aryl methyl sites for hydroxylation is 2. The molecule has 0 bridgehead atoms. The third kappa shape index (κ3) is 3.78. The standard InChI is InChI=1S/C40H32N2Si/c1-29-21-25-31(26-22-29)41-39-37-19-11-9-17-35(37)36-18-10-12-20-38(36)40(39)42(32-27-23-30(2)24-28-32)43(41,33-13-5-3-6-14-33)34-15-7-4-8-16-34/h3-28H,1-2H3. The Hall–Kier alpha value is -5.12. The first kappa shape index (κ1) is 25.6. The number of hydrogen-bond acceptors (Lipinski definition) is 2. The van der Waals surface area contributed by atoms with Crippen molar-refractivity contribution < 1.29 is 0 Å². The summed E-state index contributed by atoms with van der Waals surface area (Å²) in [7, 11) is -3.03. The highest BCUT2D eigenvalue weighted by molar-refractivity contribution is 7.10. The monoisotopic (exact) mass is 568 g/mol. The summed E-state index contributed by atoms with van der Waals surface area (Å²) in [5.41, 5.74) is 7.49. The van der Waals surface area contributed by atoms with E-state index in [0.717, 1.165) is 0 Å². The molecule has 0 fully saturated rings. The molecule has 206 valence electrons. The van der Waals surface area contributed by atoms with E-state index in [9.17, 15) is 0 Å². The molecule has 3 heteroatoms. The normalized spacial score (nSPS) is 13.9. The van der Waals surface area contributed by atoms with Gasteiger partial charge in [0, 0.05) is 22.1 Å². The molecule has 7 aromatic rings. The number of rotatable bonds is 4. The highest BCUT2D eigenvalue weighted by Crippen LogP contribution is 2.56. The van der Waals surface area contributed by atoms with Gasteiger partial charge in [-0.05, 0) is 59.3 Å². The van der Waals surface area contributed by atoms with E-state index in [1.54, 1.807) is 0 Å². The summed E-state index contributed by atoms with van der Waals surface area (Å²) in [4.78, 5) is 0. The van der Waals surface area contributed by atoms with E-state index >= 15 is 0 Å². The second-order valence-corrected chi connectivity index (χ2v) is 14.9. The van der Waals surface area contributed by atoms with Gasteiger partial charge in [-0.25, -0.2) is 0 Å². The first-order valence-electron chi connectivity index (χ1n) is 15.0. The van der Waals surface area contributed by atoms with Crippen LogP contribution in [0.2, 0.25) is 0 Å². The topological polar surface area (TPSA) is 6.48 Å². The lowest BCUT2D eigenvalue weighted by Gasteiger charge is -2.44. The first-order valence-corrected chi connectivity index (χ1v) is 16.9. The van der Waals surface area contributed by atoms with Crippen LogP contribution in [0.15, 0.2) is 158 Å². The van der Waals surface area contributed by atoms with Crippen LogP contribution >= 0.6 is 0 Å². The second-order valence-electron chi connectivity index (χ2n) is 11.5. The minimum absolute atomic E-state index is 1.21. The van der Waals surface area contributed by atoms with E-state index in [4.69, 9.17) is 0 Å². The summed E-state index contributed by atoms with van der Waals surface area (Å²) in [5, 5.41) is 7.79. The van der Waals surface area contributed by atoms with E-state index in [1.807, 2.05) is 0 Å². The van der Waals surface area contributed by atoms with Crippen molar-refractivity contribution in [3.63, 3.8) is 0 Å². The van der Waals surface area contributed by atoms with Crippen LogP contribution in [-0.2, 0) is 0 Å². The molecule has 0 unspecified atom stereocenters. The highest BCUT2D eigenvalue weighted by atomic mass is 28.3. The fraction of sp³-hybridized carbons (Fsp3) is 0.0500. The second kappa shape index (κ2) is 10.0. The van der Waals surface area contributed by atoms with Crippen LogP contribution < -0.4 is 19.5 Å². The average Bonchev–Trinajstić information content (AvgIpc) is 3.40. The summed E-state index contributed by atoms with van der Waals surface area (Å²) in [5.74, 6) is 0. The number of benzene rings is 7. The molecule has 0 atom stereocenters. The minimum atomic E-state index is -3.03. The quantitative estimate of drug-likeness (QED) is 0.154. The van der Waals surface area contributed by atoms with E-state index < -0.39 is 8.40 Å². The maximum atomic E-state index is 2.74. The van der Waals surface area contributed by atoms with E-state index in [0.29, 0.717) is 0 Å². The molecule has 43 heavy (non-hydrogen) atoms. The molecule has 8 rings (SSSR count). The van der Waals surface area contributed by atoms with Crippen molar-refractivity contribution in [2.45, 2.75) is 13.8 Å². The average molecular weight is 569 g/mol. The van der Waals surface area contributed by atoms with Gasteiger partial charge in [-0.15, -0.1) is 0 Å². The SMILES string of the molecule is Cc1ccc(N2c3c(c4ccccc4c4ccccc34)N(c3ccc(C)cc3)[Si]2(c2ccccc2)c2ccccc2)cc1. The molecule has 0 saturated carbocycles. The molecule has 1 heterocycles. The molecule has 1 aliphatic heterocycles. The van der Waals surface area contributed by atoms with Gasteiger partial charge in [0.2, 0.25) is 0 Å². The Morgan fingerprint density at radius 3 is 1.05 bits per heavy atom. The van der Waals surface area contributed by atoms with Crippen molar-refractivity contribution in [2.75, 3.05) is 9.13 Å². The van der Waals surface area contributed by atoms with Crippen molar-refractivity contribution in [3.8, 4) is 0 Å². The van der Waals surface area contributed by atoms with Gasteiger partial charge in [0.1, 0.15) is 0 Å². The van der Waals surface area contributed by atoms with Gasteiger partial charge >= 0.3 is 8.40 Å². The van der Waals surface area contributed by atoms with Crippen LogP contribution in [0.1, 0.15) is 11.1 Å². The Bertz CT molecular complexity index is 1930. The lowest BCUT2D eigenvalue weighted by Crippen LogP contribution is -2.75. The molecular weight excluding hydrogens is 537 g/mol. The fourth-order valence-electron chi connectivity index (χ4n) is 7.02. The molecule has 7 aromatic carbocycles. The van der Waals surface area contributed by atoms with E-state index in [1.165, 1.54) is 65.8 Å². The van der Waals surface area contributed by atoms with Crippen molar-refractivity contribution in [2.24, 2.45) is 0 Å². The van der Waals surface area contributed by atoms with Crippen LogP contribution in [0.3, 0.4) is 0 Å². The van der Waals surface area contributed by atoms with Crippen LogP contribution in [0.25, 0.3) is 21.5 Å². The maximum absolute atomic E-state index is 3.03. The summed E-state index contributed by atoms with van der Waals surface area (Å²) in [6.45, 7) is 4.34. The maximum Gasteiger partial charge on any atom is 0.340 e. The fourth-order valence-corrected chi connectivity index (χ4v) is 12.1. The Morgan fingerprint density at radius 2 is 0.674 bits per heavy atom. The lowest BCUT2D eigenvalue weighted by molar-refractivity contribution is 1.34. The van der Waals surface area contributed by atoms with Crippen molar-refractivity contribution >= 4 is 63.1 Å². The number of fused-ring (bicyclic) bond motifs is 6. The highest BCUT2D eigenvalue weighted by Gasteiger charge is 2.58.